The highest BCUT2D eigenvalue weighted by Crippen LogP contribution is 2.47. The van der Waals surface area contributed by atoms with Crippen molar-refractivity contribution >= 4 is 11.6 Å². The first kappa shape index (κ1) is 25.6. The van der Waals surface area contributed by atoms with Gasteiger partial charge in [-0.25, -0.2) is 0 Å². The molecular formula is C30H34N6O2. The van der Waals surface area contributed by atoms with Crippen LogP contribution in [0.4, 0.5) is 5.69 Å². The number of aryl methyl sites for hydroxylation is 2. The minimum absolute atomic E-state index is 0.0777. The maximum absolute atomic E-state index is 14.4. The third-order valence-corrected chi connectivity index (χ3v) is 7.21. The van der Waals surface area contributed by atoms with Gasteiger partial charge in [0.2, 0.25) is 0 Å². The Morgan fingerprint density at radius 2 is 1.58 bits per heavy atom. The minimum Gasteiger partial charge on any atom is -0.399 e. The van der Waals surface area contributed by atoms with Crippen molar-refractivity contribution in [2.45, 2.75) is 64.3 Å². The molecule has 8 heteroatoms. The van der Waals surface area contributed by atoms with E-state index < -0.39 is 18.2 Å². The Morgan fingerprint density at radius 1 is 0.947 bits per heavy atom. The molecule has 8 nitrogen and oxygen atoms in total. The number of nitrogens with two attached hydrogens (primary N) is 1. The SMILES string of the molecule is CCCC(c1nn[nH]n1)N1C(=O)C(Cc2ccc(C)cc2)OC(c2ccc(N)cc2)C1c1ccc(C)cc1. The summed E-state index contributed by atoms with van der Waals surface area (Å²) in [5.41, 5.74) is 12.0. The Hall–Kier alpha value is -4.04. The van der Waals surface area contributed by atoms with Crippen LogP contribution in [0.2, 0.25) is 0 Å². The van der Waals surface area contributed by atoms with Crippen LogP contribution in [-0.4, -0.2) is 37.5 Å². The Balaban J connectivity index is 1.65. The lowest BCUT2D eigenvalue weighted by Gasteiger charge is -2.47. The number of carbonyl (C=O) groups is 1. The largest absolute Gasteiger partial charge is 0.399 e. The second-order valence-electron chi connectivity index (χ2n) is 10.1. The molecule has 1 aliphatic rings. The summed E-state index contributed by atoms with van der Waals surface area (Å²) in [6, 6.07) is 23.5. The molecule has 4 unspecified atom stereocenters. The molecule has 1 saturated heterocycles. The highest BCUT2D eigenvalue weighted by atomic mass is 16.5. The van der Waals surface area contributed by atoms with Gasteiger partial charge in [0.15, 0.2) is 5.82 Å². The zero-order valence-electron chi connectivity index (χ0n) is 22.0. The molecule has 5 rings (SSSR count). The summed E-state index contributed by atoms with van der Waals surface area (Å²) < 4.78 is 6.74. The van der Waals surface area contributed by atoms with E-state index in [0.29, 0.717) is 24.4 Å². The van der Waals surface area contributed by atoms with Crippen LogP contribution in [0.1, 0.15) is 71.6 Å². The van der Waals surface area contributed by atoms with E-state index in [2.05, 4.69) is 89.9 Å². The molecule has 38 heavy (non-hydrogen) atoms. The molecule has 1 fully saturated rings. The Bertz CT molecular complexity index is 1340. The summed E-state index contributed by atoms with van der Waals surface area (Å²) >= 11 is 0. The smallest absolute Gasteiger partial charge is 0.253 e. The maximum Gasteiger partial charge on any atom is 0.253 e. The van der Waals surface area contributed by atoms with Crippen molar-refractivity contribution in [3.05, 3.63) is 106 Å². The number of hydrogen-bond acceptors (Lipinski definition) is 6. The normalized spacial score (nSPS) is 20.4. The average molecular weight is 511 g/mol. The molecule has 3 N–H and O–H groups in total. The van der Waals surface area contributed by atoms with Crippen LogP contribution in [0.5, 0.6) is 0 Å². The van der Waals surface area contributed by atoms with Crippen LogP contribution < -0.4 is 5.73 Å². The number of nitrogens with one attached hydrogen (secondary N) is 1. The van der Waals surface area contributed by atoms with Crippen molar-refractivity contribution in [2.75, 3.05) is 5.73 Å². The van der Waals surface area contributed by atoms with Crippen LogP contribution in [0.15, 0.2) is 72.8 Å². The summed E-state index contributed by atoms with van der Waals surface area (Å²) in [6.07, 6.45) is 0.914. The fourth-order valence-electron chi connectivity index (χ4n) is 5.20. The minimum atomic E-state index is -0.673. The standard InChI is InChI=1S/C30H34N6O2/c1-4-5-25(29-32-34-35-33-29)36-27(22-12-8-20(3)9-13-22)28(23-14-16-24(31)17-15-23)38-26(30(36)37)18-21-10-6-19(2)7-11-21/h6-17,25-28H,4-5,18,31H2,1-3H3,(H,32,33,34,35). The van der Waals surface area contributed by atoms with Crippen LogP contribution >= 0.6 is 0 Å². The van der Waals surface area contributed by atoms with Gasteiger partial charge < -0.3 is 15.4 Å². The topological polar surface area (TPSA) is 110 Å². The number of tetrazole rings is 1. The van der Waals surface area contributed by atoms with Crippen molar-refractivity contribution in [2.24, 2.45) is 0 Å². The lowest BCUT2D eigenvalue weighted by molar-refractivity contribution is -0.180. The highest BCUT2D eigenvalue weighted by Gasteiger charge is 2.47. The number of aromatic amines is 1. The van der Waals surface area contributed by atoms with E-state index in [4.69, 9.17) is 10.5 Å². The molecule has 3 aromatic carbocycles. The van der Waals surface area contributed by atoms with Gasteiger partial charge in [-0.2, -0.15) is 5.21 Å². The Kier molecular flexibility index (Phi) is 7.51. The van der Waals surface area contributed by atoms with Gasteiger partial charge >= 0.3 is 0 Å². The van der Waals surface area contributed by atoms with E-state index in [0.717, 1.165) is 28.7 Å². The first-order valence-electron chi connectivity index (χ1n) is 13.1. The lowest BCUT2D eigenvalue weighted by Crippen LogP contribution is -2.53. The van der Waals surface area contributed by atoms with Gasteiger partial charge in [-0.3, -0.25) is 4.79 Å². The fourth-order valence-corrected chi connectivity index (χ4v) is 5.20. The van der Waals surface area contributed by atoms with Crippen molar-refractivity contribution in [3.8, 4) is 0 Å². The lowest BCUT2D eigenvalue weighted by atomic mass is 9.88. The number of aromatic nitrogens is 4. The summed E-state index contributed by atoms with van der Waals surface area (Å²) in [5.74, 6) is 0.426. The van der Waals surface area contributed by atoms with Gasteiger partial charge in [0.05, 0.1) is 12.1 Å². The molecule has 0 aliphatic carbocycles. The van der Waals surface area contributed by atoms with Crippen LogP contribution in [0, 0.1) is 13.8 Å². The molecular weight excluding hydrogens is 476 g/mol. The number of nitrogen functional groups attached to an aromatic ring is 1. The number of rotatable bonds is 8. The van der Waals surface area contributed by atoms with E-state index in [1.165, 1.54) is 5.56 Å². The molecule has 196 valence electrons. The van der Waals surface area contributed by atoms with Gasteiger partial charge in [0.25, 0.3) is 5.91 Å². The number of carbonyl (C=O) groups excluding carboxylic acids is 1. The monoisotopic (exact) mass is 510 g/mol. The molecule has 0 saturated carbocycles. The van der Waals surface area contributed by atoms with E-state index in [1.807, 2.05) is 29.2 Å². The molecule has 0 bridgehead atoms. The molecule has 2 heterocycles. The fraction of sp³-hybridized carbons (Fsp3) is 0.333. The number of ether oxygens (including phenoxy) is 1. The number of anilines is 1. The Morgan fingerprint density at radius 3 is 2.18 bits per heavy atom. The predicted octanol–water partition coefficient (Wildman–Crippen LogP) is 5.19. The number of amides is 1. The zero-order chi connectivity index (χ0) is 26.6. The van der Waals surface area contributed by atoms with Crippen LogP contribution in [0.3, 0.4) is 0 Å². The molecule has 1 aliphatic heterocycles. The van der Waals surface area contributed by atoms with Gasteiger partial charge in [-0.05, 0) is 49.1 Å². The average Bonchev–Trinajstić information content (AvgIpc) is 3.46. The number of nitrogens with zero attached hydrogens (tertiary/aromatic N) is 4. The maximum atomic E-state index is 14.4. The second-order valence-corrected chi connectivity index (χ2v) is 10.1. The number of benzene rings is 3. The quantitative estimate of drug-likeness (QED) is 0.316. The van der Waals surface area contributed by atoms with Gasteiger partial charge in [0, 0.05) is 12.1 Å². The van der Waals surface area contributed by atoms with Crippen LogP contribution in [-0.2, 0) is 16.0 Å². The second kappa shape index (κ2) is 11.1. The highest BCUT2D eigenvalue weighted by molar-refractivity contribution is 5.83. The summed E-state index contributed by atoms with van der Waals surface area (Å²) in [4.78, 5) is 16.3. The van der Waals surface area contributed by atoms with Crippen molar-refractivity contribution in [1.29, 1.82) is 0 Å². The van der Waals surface area contributed by atoms with Crippen LogP contribution in [0.25, 0.3) is 0 Å². The van der Waals surface area contributed by atoms with Crippen molar-refractivity contribution < 1.29 is 9.53 Å². The molecule has 1 aromatic heterocycles. The number of hydrogen-bond donors (Lipinski definition) is 2. The van der Waals surface area contributed by atoms with E-state index in [1.54, 1.807) is 0 Å². The molecule has 1 amide bonds. The molecule has 4 atom stereocenters. The van der Waals surface area contributed by atoms with Gasteiger partial charge in [0.1, 0.15) is 12.2 Å². The predicted molar refractivity (Wildman–Crippen MR) is 146 cm³/mol. The third kappa shape index (κ3) is 5.31. The first-order valence-corrected chi connectivity index (χ1v) is 13.1. The van der Waals surface area contributed by atoms with E-state index in [-0.39, 0.29) is 11.9 Å². The van der Waals surface area contributed by atoms with Crippen molar-refractivity contribution in [1.82, 2.24) is 25.5 Å². The van der Waals surface area contributed by atoms with E-state index in [9.17, 15) is 4.79 Å². The molecule has 4 aromatic rings. The number of morpholine rings is 1. The van der Waals surface area contributed by atoms with Gasteiger partial charge in [-0.1, -0.05) is 90.3 Å². The summed E-state index contributed by atoms with van der Waals surface area (Å²) in [5, 5.41) is 15.0. The number of H-pyrrole nitrogens is 1. The summed E-state index contributed by atoms with van der Waals surface area (Å²) in [7, 11) is 0. The zero-order valence-corrected chi connectivity index (χ0v) is 22.0. The summed E-state index contributed by atoms with van der Waals surface area (Å²) in [6.45, 7) is 6.20. The molecule has 0 radical (unpaired) electrons. The third-order valence-electron chi connectivity index (χ3n) is 7.21. The van der Waals surface area contributed by atoms with Crippen molar-refractivity contribution in [3.63, 3.8) is 0 Å². The van der Waals surface area contributed by atoms with Gasteiger partial charge in [-0.15, -0.1) is 10.2 Å². The van der Waals surface area contributed by atoms with E-state index >= 15 is 0 Å². The Labute approximate surface area is 223 Å². The first-order chi connectivity index (χ1) is 18.4. The molecule has 0 spiro atoms.